The van der Waals surface area contributed by atoms with Crippen LogP contribution in [0.5, 0.6) is 5.75 Å². The lowest BCUT2D eigenvalue weighted by molar-refractivity contribution is 0.306. The molecule has 0 unspecified atom stereocenters. The molecule has 3 aromatic carbocycles. The van der Waals surface area contributed by atoms with E-state index in [1.807, 2.05) is 78.9 Å². The van der Waals surface area contributed by atoms with Crippen molar-refractivity contribution in [2.75, 3.05) is 5.32 Å². The van der Waals surface area contributed by atoms with Crippen molar-refractivity contribution in [2.45, 2.75) is 12.6 Å². The summed E-state index contributed by atoms with van der Waals surface area (Å²) >= 11 is 6.03. The minimum atomic E-state index is -0.134. The van der Waals surface area contributed by atoms with Gasteiger partial charge in [-0.25, -0.2) is 0 Å². The highest BCUT2D eigenvalue weighted by Gasteiger charge is 2.24. The maximum absolute atomic E-state index is 6.03. The number of hydrogen-bond donors (Lipinski definition) is 1. The Balaban J connectivity index is 1.40. The molecule has 5 rings (SSSR count). The number of aromatic nitrogens is 4. The van der Waals surface area contributed by atoms with Crippen LogP contribution in [-0.2, 0) is 6.61 Å². The summed E-state index contributed by atoms with van der Waals surface area (Å²) < 4.78 is 7.67. The first-order valence-corrected chi connectivity index (χ1v) is 9.93. The number of anilines is 1. The minimum absolute atomic E-state index is 0.134. The van der Waals surface area contributed by atoms with Crippen LogP contribution in [-0.4, -0.2) is 20.2 Å². The van der Waals surface area contributed by atoms with E-state index >= 15 is 0 Å². The van der Waals surface area contributed by atoms with Crippen LogP contribution < -0.4 is 10.1 Å². The zero-order valence-corrected chi connectivity index (χ0v) is 16.7. The third-order valence-corrected chi connectivity index (χ3v) is 5.20. The van der Waals surface area contributed by atoms with Gasteiger partial charge in [0.2, 0.25) is 5.95 Å². The highest BCUT2D eigenvalue weighted by atomic mass is 35.5. The molecule has 30 heavy (non-hydrogen) atoms. The van der Waals surface area contributed by atoms with E-state index in [1.54, 1.807) is 4.68 Å². The van der Waals surface area contributed by atoms with E-state index in [4.69, 9.17) is 16.3 Å². The van der Waals surface area contributed by atoms with E-state index in [0.29, 0.717) is 17.6 Å². The number of nitrogens with zero attached hydrogens (tertiary/aromatic N) is 4. The van der Waals surface area contributed by atoms with Crippen LogP contribution in [0.25, 0.3) is 5.70 Å². The molecule has 7 heteroatoms. The van der Waals surface area contributed by atoms with Gasteiger partial charge >= 0.3 is 0 Å². The Kier molecular flexibility index (Phi) is 4.91. The van der Waals surface area contributed by atoms with Crippen molar-refractivity contribution in [1.82, 2.24) is 20.2 Å². The second kappa shape index (κ2) is 8.00. The first kappa shape index (κ1) is 18.4. The average Bonchev–Trinajstić information content (AvgIpc) is 3.27. The topological polar surface area (TPSA) is 64.9 Å². The van der Waals surface area contributed by atoms with Crippen molar-refractivity contribution in [1.29, 1.82) is 0 Å². The number of nitrogens with one attached hydrogen (secondary N) is 1. The van der Waals surface area contributed by atoms with Crippen LogP contribution in [0.15, 0.2) is 84.9 Å². The average molecular weight is 416 g/mol. The first-order chi connectivity index (χ1) is 14.8. The van der Waals surface area contributed by atoms with Gasteiger partial charge < -0.3 is 10.1 Å². The van der Waals surface area contributed by atoms with E-state index < -0.39 is 0 Å². The number of halogens is 1. The summed E-state index contributed by atoms with van der Waals surface area (Å²) in [5.74, 6) is 1.41. The highest BCUT2D eigenvalue weighted by Crippen LogP contribution is 2.32. The molecule has 1 aromatic heterocycles. The van der Waals surface area contributed by atoms with Crippen molar-refractivity contribution in [3.8, 4) is 5.75 Å². The Morgan fingerprint density at radius 2 is 1.70 bits per heavy atom. The summed E-state index contributed by atoms with van der Waals surface area (Å²) in [5, 5.41) is 16.1. The molecule has 6 nitrogen and oxygen atoms in total. The molecule has 1 N–H and O–H groups in total. The zero-order valence-electron chi connectivity index (χ0n) is 15.9. The fraction of sp³-hybridized carbons (Fsp3) is 0.0870. The molecule has 0 saturated carbocycles. The summed E-state index contributed by atoms with van der Waals surface area (Å²) in [4.78, 5) is 0. The van der Waals surface area contributed by atoms with Crippen molar-refractivity contribution < 1.29 is 4.74 Å². The molecule has 0 bridgehead atoms. The minimum Gasteiger partial charge on any atom is -0.489 e. The lowest BCUT2D eigenvalue weighted by Crippen LogP contribution is -2.20. The number of tetrazole rings is 1. The second-order valence-corrected chi connectivity index (χ2v) is 7.38. The molecule has 0 radical (unpaired) electrons. The Bertz CT molecular complexity index is 1170. The zero-order chi connectivity index (χ0) is 20.3. The van der Waals surface area contributed by atoms with Gasteiger partial charge in [0.15, 0.2) is 0 Å². The smallest absolute Gasteiger partial charge is 0.248 e. The maximum Gasteiger partial charge on any atom is 0.248 e. The number of benzene rings is 3. The quantitative estimate of drug-likeness (QED) is 0.499. The van der Waals surface area contributed by atoms with Crippen molar-refractivity contribution in [3.05, 3.63) is 107 Å². The van der Waals surface area contributed by atoms with E-state index in [-0.39, 0.29) is 6.04 Å². The van der Waals surface area contributed by atoms with Gasteiger partial charge in [-0.15, -0.1) is 0 Å². The van der Waals surface area contributed by atoms with Crippen LogP contribution >= 0.6 is 11.6 Å². The van der Waals surface area contributed by atoms with Crippen molar-refractivity contribution in [3.63, 3.8) is 0 Å². The molecule has 1 atom stereocenters. The van der Waals surface area contributed by atoms with Gasteiger partial charge in [0.05, 0.1) is 0 Å². The first-order valence-electron chi connectivity index (χ1n) is 9.55. The third-order valence-electron chi connectivity index (χ3n) is 4.95. The van der Waals surface area contributed by atoms with E-state index in [0.717, 1.165) is 28.1 Å². The Hall–Kier alpha value is -3.64. The number of rotatable bonds is 5. The van der Waals surface area contributed by atoms with E-state index in [9.17, 15) is 0 Å². The second-order valence-electron chi connectivity index (χ2n) is 6.95. The van der Waals surface area contributed by atoms with Gasteiger partial charge in [0, 0.05) is 10.7 Å². The molecule has 1 aliphatic rings. The molecule has 0 aliphatic carbocycles. The molecular formula is C23H18ClN5O. The van der Waals surface area contributed by atoms with Gasteiger partial charge in [-0.1, -0.05) is 71.3 Å². The van der Waals surface area contributed by atoms with Gasteiger partial charge in [0.25, 0.3) is 0 Å². The van der Waals surface area contributed by atoms with Gasteiger partial charge in [-0.05, 0) is 57.5 Å². The molecule has 0 amide bonds. The standard InChI is InChI=1S/C23H18ClN5O/c24-19-10-6-17(7-11-19)21-14-22(29-23(25-21)26-27-28-29)18-8-12-20(13-9-18)30-15-16-4-2-1-3-5-16/h1-14,22H,15H2,(H,25,26,28)/t22-/m1/s1. The SMILES string of the molecule is Clc1ccc(C2=C[C@H](c3ccc(OCc4ccccc4)cc3)n3nnnc3N2)cc1. The number of hydrogen-bond acceptors (Lipinski definition) is 5. The predicted molar refractivity (Wildman–Crippen MR) is 116 cm³/mol. The highest BCUT2D eigenvalue weighted by molar-refractivity contribution is 6.30. The van der Waals surface area contributed by atoms with Crippen LogP contribution in [0.4, 0.5) is 5.95 Å². The van der Waals surface area contributed by atoms with Gasteiger partial charge in [-0.3, -0.25) is 0 Å². The largest absolute Gasteiger partial charge is 0.489 e. The van der Waals surface area contributed by atoms with Gasteiger partial charge in [-0.2, -0.15) is 4.68 Å². The lowest BCUT2D eigenvalue weighted by Gasteiger charge is -2.23. The lowest BCUT2D eigenvalue weighted by atomic mass is 10.0. The summed E-state index contributed by atoms with van der Waals surface area (Å²) in [5.41, 5.74) is 4.14. The number of fused-ring (bicyclic) bond motifs is 1. The Morgan fingerprint density at radius 3 is 2.47 bits per heavy atom. The third kappa shape index (κ3) is 3.77. The maximum atomic E-state index is 6.03. The number of ether oxygens (including phenoxy) is 1. The molecule has 0 spiro atoms. The molecule has 2 heterocycles. The van der Waals surface area contributed by atoms with E-state index in [2.05, 4.69) is 26.9 Å². The van der Waals surface area contributed by atoms with Crippen molar-refractivity contribution >= 4 is 23.2 Å². The predicted octanol–water partition coefficient (Wildman–Crippen LogP) is 4.96. The van der Waals surface area contributed by atoms with Crippen LogP contribution in [0, 0.1) is 0 Å². The molecule has 148 valence electrons. The molecular weight excluding hydrogens is 398 g/mol. The monoisotopic (exact) mass is 415 g/mol. The molecule has 0 saturated heterocycles. The fourth-order valence-corrected chi connectivity index (χ4v) is 3.52. The van der Waals surface area contributed by atoms with Crippen molar-refractivity contribution in [2.24, 2.45) is 0 Å². The summed E-state index contributed by atoms with van der Waals surface area (Å²) in [7, 11) is 0. The normalized spacial score (nSPS) is 15.1. The molecule has 4 aromatic rings. The van der Waals surface area contributed by atoms with Crippen LogP contribution in [0.3, 0.4) is 0 Å². The number of allylic oxidation sites excluding steroid dienone is 1. The molecule has 0 fully saturated rings. The summed E-state index contributed by atoms with van der Waals surface area (Å²) in [6.07, 6.45) is 2.10. The fourth-order valence-electron chi connectivity index (χ4n) is 3.39. The summed E-state index contributed by atoms with van der Waals surface area (Å²) in [6.45, 7) is 0.533. The van der Waals surface area contributed by atoms with Gasteiger partial charge in [0.1, 0.15) is 18.4 Å². The Morgan fingerprint density at radius 1 is 0.933 bits per heavy atom. The van der Waals surface area contributed by atoms with Crippen LogP contribution in [0.1, 0.15) is 22.7 Å². The Labute approximate surface area is 178 Å². The van der Waals surface area contributed by atoms with E-state index in [1.165, 1.54) is 0 Å². The summed E-state index contributed by atoms with van der Waals surface area (Å²) in [6, 6.07) is 25.7. The van der Waals surface area contributed by atoms with Crippen LogP contribution in [0.2, 0.25) is 5.02 Å². The molecule has 1 aliphatic heterocycles.